The molecule has 0 fully saturated rings. The fourth-order valence-corrected chi connectivity index (χ4v) is 4.74. The summed E-state index contributed by atoms with van der Waals surface area (Å²) in [4.78, 5) is 18.3. The van der Waals surface area contributed by atoms with E-state index in [1.54, 1.807) is 18.7 Å². The molecule has 3 aromatic rings. The maximum atomic E-state index is 12.5. The second kappa shape index (κ2) is 7.91. The van der Waals surface area contributed by atoms with E-state index < -0.39 is 5.63 Å². The molecule has 2 aromatic carbocycles. The number of fused-ring (bicyclic) bond motifs is 1. The number of hydrogen-bond acceptors (Lipinski definition) is 5. The van der Waals surface area contributed by atoms with Gasteiger partial charge in [-0.15, -0.1) is 11.8 Å². The Morgan fingerprint density at radius 1 is 1.14 bits per heavy atom. The number of benzene rings is 2. The fourth-order valence-electron chi connectivity index (χ4n) is 3.51. The summed E-state index contributed by atoms with van der Waals surface area (Å²) in [6.07, 6.45) is 0.516. The molecule has 1 aliphatic heterocycles. The summed E-state index contributed by atoms with van der Waals surface area (Å²) in [5, 5.41) is 10.5. The summed E-state index contributed by atoms with van der Waals surface area (Å²) in [6.45, 7) is 6.00. The third kappa shape index (κ3) is 4.01. The Kier molecular flexibility index (Phi) is 5.33. The predicted molar refractivity (Wildman–Crippen MR) is 118 cm³/mol. The van der Waals surface area contributed by atoms with E-state index in [0.717, 1.165) is 10.6 Å². The van der Waals surface area contributed by atoms with Crippen molar-refractivity contribution in [2.75, 3.05) is 0 Å². The van der Waals surface area contributed by atoms with Crippen molar-refractivity contribution in [3.05, 3.63) is 87.5 Å². The Bertz CT molecular complexity index is 1130. The number of aliphatic imine (C=N–C) groups is 1. The van der Waals surface area contributed by atoms with Gasteiger partial charge in [0.05, 0.1) is 11.4 Å². The van der Waals surface area contributed by atoms with Crippen LogP contribution in [0.25, 0.3) is 0 Å². The molecule has 29 heavy (non-hydrogen) atoms. The maximum absolute atomic E-state index is 12.5. The first-order valence-corrected chi connectivity index (χ1v) is 10.6. The minimum Gasteiger partial charge on any atom is -0.507 e. The van der Waals surface area contributed by atoms with E-state index in [-0.39, 0.29) is 16.6 Å². The van der Waals surface area contributed by atoms with Crippen molar-refractivity contribution in [2.24, 2.45) is 4.99 Å². The van der Waals surface area contributed by atoms with Crippen molar-refractivity contribution in [3.63, 3.8) is 0 Å². The van der Waals surface area contributed by atoms with Gasteiger partial charge in [-0.2, -0.15) is 0 Å². The summed E-state index contributed by atoms with van der Waals surface area (Å²) in [7, 11) is 0. The number of aryl methyl sites for hydroxylation is 1. The third-order valence-electron chi connectivity index (χ3n) is 5.09. The van der Waals surface area contributed by atoms with Crippen molar-refractivity contribution in [3.8, 4) is 5.75 Å². The highest BCUT2D eigenvalue weighted by molar-refractivity contribution is 7.99. The first kappa shape index (κ1) is 19.5. The average Bonchev–Trinajstić information content (AvgIpc) is 2.87. The zero-order valence-corrected chi connectivity index (χ0v) is 17.5. The smallest absolute Gasteiger partial charge is 0.348 e. The van der Waals surface area contributed by atoms with Crippen molar-refractivity contribution >= 4 is 23.2 Å². The van der Waals surface area contributed by atoms with Gasteiger partial charge in [0, 0.05) is 22.6 Å². The third-order valence-corrected chi connectivity index (χ3v) is 6.41. The zero-order chi connectivity index (χ0) is 20.5. The standard InChI is InChI=1S/C24H23NO3S/c1-14(2)16-8-10-17(11-9-16)22-13-19(23-20(26)12-15(3)28-24(23)27)25-18-6-4-5-7-21(18)29-22/h4-12,14,22,26H,13H2,1-3H3/t22-/m1/s1. The lowest BCUT2D eigenvalue weighted by Gasteiger charge is -2.17. The summed E-state index contributed by atoms with van der Waals surface area (Å²) < 4.78 is 5.25. The van der Waals surface area contributed by atoms with E-state index in [9.17, 15) is 9.90 Å². The van der Waals surface area contributed by atoms with Gasteiger partial charge < -0.3 is 9.52 Å². The lowest BCUT2D eigenvalue weighted by molar-refractivity contribution is 0.432. The van der Waals surface area contributed by atoms with Crippen LogP contribution in [-0.2, 0) is 0 Å². The minimum atomic E-state index is -0.556. The van der Waals surface area contributed by atoms with Crippen LogP contribution >= 0.6 is 11.8 Å². The molecule has 0 saturated heterocycles. The van der Waals surface area contributed by atoms with Gasteiger partial charge in [0.1, 0.15) is 17.1 Å². The van der Waals surface area contributed by atoms with E-state index in [4.69, 9.17) is 9.41 Å². The molecule has 0 bridgehead atoms. The van der Waals surface area contributed by atoms with Crippen LogP contribution < -0.4 is 5.63 Å². The Hall–Kier alpha value is -2.79. The maximum Gasteiger partial charge on any atom is 0.348 e. The van der Waals surface area contributed by atoms with Crippen LogP contribution in [0.5, 0.6) is 5.75 Å². The number of para-hydroxylation sites is 1. The molecule has 0 unspecified atom stereocenters. The molecule has 0 spiro atoms. The van der Waals surface area contributed by atoms with Crippen molar-refractivity contribution in [1.29, 1.82) is 0 Å². The first-order valence-electron chi connectivity index (χ1n) is 9.69. The molecule has 1 N–H and O–H groups in total. The Morgan fingerprint density at radius 2 is 1.86 bits per heavy atom. The molecule has 0 saturated carbocycles. The highest BCUT2D eigenvalue weighted by atomic mass is 32.2. The summed E-state index contributed by atoms with van der Waals surface area (Å²) in [5.74, 6) is 0.759. The quantitative estimate of drug-likeness (QED) is 0.569. The first-order chi connectivity index (χ1) is 13.9. The van der Waals surface area contributed by atoms with Crippen LogP contribution in [0, 0.1) is 6.92 Å². The second-order valence-corrected chi connectivity index (χ2v) is 8.81. The average molecular weight is 406 g/mol. The van der Waals surface area contributed by atoms with Gasteiger partial charge in [-0.3, -0.25) is 4.99 Å². The van der Waals surface area contributed by atoms with Gasteiger partial charge in [-0.1, -0.05) is 50.2 Å². The molecule has 1 aromatic heterocycles. The second-order valence-electron chi connectivity index (χ2n) is 7.56. The van der Waals surface area contributed by atoms with Crippen LogP contribution in [0.4, 0.5) is 5.69 Å². The fraction of sp³-hybridized carbons (Fsp3) is 0.250. The molecule has 4 rings (SSSR count). The summed E-state index contributed by atoms with van der Waals surface area (Å²) >= 11 is 1.73. The molecule has 0 aliphatic carbocycles. The highest BCUT2D eigenvalue weighted by Crippen LogP contribution is 2.45. The molecule has 1 atom stereocenters. The number of rotatable bonds is 3. The Morgan fingerprint density at radius 3 is 2.55 bits per heavy atom. The van der Waals surface area contributed by atoms with Crippen molar-refractivity contribution in [1.82, 2.24) is 0 Å². The van der Waals surface area contributed by atoms with Crippen LogP contribution in [0.3, 0.4) is 0 Å². The molecule has 0 radical (unpaired) electrons. The molecular weight excluding hydrogens is 382 g/mol. The molecule has 148 valence electrons. The topological polar surface area (TPSA) is 62.8 Å². The van der Waals surface area contributed by atoms with E-state index >= 15 is 0 Å². The van der Waals surface area contributed by atoms with Crippen molar-refractivity contribution < 1.29 is 9.52 Å². The highest BCUT2D eigenvalue weighted by Gasteiger charge is 2.26. The van der Waals surface area contributed by atoms with Crippen LogP contribution in [-0.4, -0.2) is 10.8 Å². The lowest BCUT2D eigenvalue weighted by Crippen LogP contribution is -2.17. The zero-order valence-electron chi connectivity index (χ0n) is 16.7. The summed E-state index contributed by atoms with van der Waals surface area (Å²) in [6, 6.07) is 18.0. The summed E-state index contributed by atoms with van der Waals surface area (Å²) in [5.41, 5.74) is 3.40. The number of aromatic hydroxyl groups is 1. The van der Waals surface area contributed by atoms with Gasteiger partial charge in [-0.25, -0.2) is 4.79 Å². The Labute approximate surface area is 174 Å². The molecule has 4 nitrogen and oxygen atoms in total. The SMILES string of the molecule is Cc1cc(O)c(C2=Nc3ccccc3S[C@@H](c3ccc(C(C)C)cc3)C2)c(=O)o1. The lowest BCUT2D eigenvalue weighted by atomic mass is 9.98. The number of nitrogens with zero attached hydrogens (tertiary/aromatic N) is 1. The normalized spacial score (nSPS) is 16.3. The van der Waals surface area contributed by atoms with E-state index in [2.05, 4.69) is 38.1 Å². The molecule has 1 aliphatic rings. The van der Waals surface area contributed by atoms with Gasteiger partial charge in [0.15, 0.2) is 0 Å². The van der Waals surface area contributed by atoms with E-state index in [1.165, 1.54) is 17.2 Å². The van der Waals surface area contributed by atoms with Gasteiger partial charge in [0.2, 0.25) is 0 Å². The number of hydrogen-bond donors (Lipinski definition) is 1. The molecule has 0 amide bonds. The molecule has 5 heteroatoms. The van der Waals surface area contributed by atoms with Gasteiger partial charge in [0.25, 0.3) is 0 Å². The number of thioether (sulfide) groups is 1. The van der Waals surface area contributed by atoms with E-state index in [1.807, 2.05) is 24.3 Å². The molecular formula is C24H23NO3S. The minimum absolute atomic E-state index is 0.0683. The van der Waals surface area contributed by atoms with Gasteiger partial charge in [-0.05, 0) is 36.1 Å². The molecule has 2 heterocycles. The Balaban J connectivity index is 1.82. The predicted octanol–water partition coefficient (Wildman–Crippen LogP) is 6.14. The van der Waals surface area contributed by atoms with Gasteiger partial charge >= 0.3 is 5.63 Å². The monoisotopic (exact) mass is 405 g/mol. The van der Waals surface area contributed by atoms with Crippen LogP contribution in [0.15, 0.2) is 73.7 Å². The van der Waals surface area contributed by atoms with Crippen LogP contribution in [0.2, 0.25) is 0 Å². The van der Waals surface area contributed by atoms with Crippen LogP contribution in [0.1, 0.15) is 53.9 Å². The van der Waals surface area contributed by atoms with Crippen molar-refractivity contribution in [2.45, 2.75) is 43.3 Å². The van der Waals surface area contributed by atoms with E-state index in [0.29, 0.717) is 23.8 Å². The largest absolute Gasteiger partial charge is 0.507 e.